The molecule has 0 bridgehead atoms. The molecule has 1 heterocycles. The van der Waals surface area contributed by atoms with Gasteiger partial charge in [0.05, 0.1) is 0 Å². The lowest BCUT2D eigenvalue weighted by atomic mass is 11.2. The van der Waals surface area contributed by atoms with Crippen LogP contribution in [0.15, 0.2) is 0 Å². The first-order valence-electron chi connectivity index (χ1n) is 1.05. The van der Waals surface area contributed by atoms with Crippen molar-refractivity contribution < 1.29 is 9.47 Å². The minimum atomic E-state index is 0.444. The molecule has 0 amide bonds. The third kappa shape index (κ3) is 0.106. The Hall–Kier alpha value is -0.0800. The molecule has 1 radical (unpaired) electrons. The van der Waals surface area contributed by atoms with Gasteiger partial charge in [-0.1, -0.05) is 0 Å². The highest BCUT2D eigenvalue weighted by Gasteiger charge is 1.95. The van der Waals surface area contributed by atoms with Crippen LogP contribution in [0.5, 0.6) is 0 Å². The normalized spacial score (nSPS) is 24.0. The van der Waals surface area contributed by atoms with Crippen LogP contribution in [0.1, 0.15) is 0 Å². The highest BCUT2D eigenvalue weighted by molar-refractivity contribution is 4.29. The zero-order valence-corrected chi connectivity index (χ0v) is 2.10. The summed E-state index contributed by atoms with van der Waals surface area (Å²) in [6.45, 7) is 1.75. The van der Waals surface area contributed by atoms with Crippen molar-refractivity contribution in [3.8, 4) is 0 Å². The molecule has 23 valence electrons. The van der Waals surface area contributed by atoms with Gasteiger partial charge >= 0.3 is 0 Å². The van der Waals surface area contributed by atoms with Gasteiger partial charge in [0.1, 0.15) is 0 Å². The Bertz CT molecular complexity index is 12.0. The first-order valence-corrected chi connectivity index (χ1v) is 1.05. The van der Waals surface area contributed by atoms with Crippen molar-refractivity contribution in [2.24, 2.45) is 0 Å². The zero-order valence-electron chi connectivity index (χ0n) is 2.10. The molecule has 0 saturated carbocycles. The summed E-state index contributed by atoms with van der Waals surface area (Å²) in [5, 5.41) is 0. The molecule has 4 heavy (non-hydrogen) atoms. The van der Waals surface area contributed by atoms with Gasteiger partial charge in [0.2, 0.25) is 6.79 Å². The van der Waals surface area contributed by atoms with Crippen molar-refractivity contribution in [2.75, 3.05) is 6.79 Å². The number of hydrogen-bond acceptors (Lipinski definition) is 2. The molecule has 0 aliphatic carbocycles. The Morgan fingerprint density at radius 3 is 1.75 bits per heavy atom. The van der Waals surface area contributed by atoms with E-state index in [0.717, 1.165) is 0 Å². The maximum atomic E-state index is 4.38. The molecule has 0 unspecified atom stereocenters. The van der Waals surface area contributed by atoms with Crippen molar-refractivity contribution in [3.05, 3.63) is 6.79 Å². The third-order valence-corrected chi connectivity index (χ3v) is 0.272. The third-order valence-electron chi connectivity index (χ3n) is 0.272. The van der Waals surface area contributed by atoms with Gasteiger partial charge in [-0.25, -0.2) is 0 Å². The van der Waals surface area contributed by atoms with E-state index in [2.05, 4.69) is 9.47 Å². The van der Waals surface area contributed by atoms with Crippen LogP contribution in [0, 0.1) is 6.79 Å². The summed E-state index contributed by atoms with van der Waals surface area (Å²) in [5.41, 5.74) is 0. The van der Waals surface area contributed by atoms with Crippen molar-refractivity contribution in [1.82, 2.24) is 0 Å². The largest absolute Gasteiger partial charge is 0.321 e. The molecule has 0 N–H and O–H groups in total. The zero-order chi connectivity index (χ0) is 2.83. The number of rotatable bonds is 0. The van der Waals surface area contributed by atoms with Crippen molar-refractivity contribution in [1.29, 1.82) is 0 Å². The Labute approximate surface area is 24.3 Å². The van der Waals surface area contributed by atoms with Crippen LogP contribution in [0.2, 0.25) is 0 Å². The van der Waals surface area contributed by atoms with Crippen LogP contribution < -0.4 is 0 Å². The Balaban J connectivity index is 2.00. The molecule has 1 fully saturated rings. The summed E-state index contributed by atoms with van der Waals surface area (Å²) in [5.74, 6) is 0. The Kier molecular flexibility index (Phi) is 0.381. The minimum absolute atomic E-state index is 0.444. The van der Waals surface area contributed by atoms with E-state index in [1.165, 1.54) is 6.79 Å². The summed E-state index contributed by atoms with van der Waals surface area (Å²) in [4.78, 5) is 0. The maximum absolute atomic E-state index is 4.38. The molecule has 1 aliphatic rings. The quantitative estimate of drug-likeness (QED) is 0.394. The average molecular weight is 59.0 g/mol. The predicted molar refractivity (Wildman–Crippen MR) is 11.3 cm³/mol. The Morgan fingerprint density at radius 2 is 1.75 bits per heavy atom. The molecule has 2 heteroatoms. The van der Waals surface area contributed by atoms with Gasteiger partial charge in [-0.15, -0.1) is 0 Å². The van der Waals surface area contributed by atoms with E-state index in [4.69, 9.17) is 0 Å². The van der Waals surface area contributed by atoms with Gasteiger partial charge in [-0.3, -0.25) is 0 Å². The molecular weight excluding hydrogens is 56.0 g/mol. The van der Waals surface area contributed by atoms with Crippen LogP contribution in [0.4, 0.5) is 0 Å². The SMILES string of the molecule is [CH]1OCO1. The van der Waals surface area contributed by atoms with E-state index in [1.54, 1.807) is 0 Å². The molecule has 1 aliphatic heterocycles. The van der Waals surface area contributed by atoms with Crippen LogP contribution in [-0.4, -0.2) is 6.79 Å². The summed E-state index contributed by atoms with van der Waals surface area (Å²) in [7, 11) is 0. The molecule has 0 atom stereocenters. The first-order chi connectivity index (χ1) is 2.00. The van der Waals surface area contributed by atoms with Gasteiger partial charge in [-0.2, -0.15) is 0 Å². The van der Waals surface area contributed by atoms with E-state index in [-0.39, 0.29) is 0 Å². The summed E-state index contributed by atoms with van der Waals surface area (Å²) in [6.07, 6.45) is 0. The fourth-order valence-electron chi connectivity index (χ4n) is 0.0680. The van der Waals surface area contributed by atoms with Gasteiger partial charge in [0, 0.05) is 0 Å². The minimum Gasteiger partial charge on any atom is -0.321 e. The second kappa shape index (κ2) is 0.701. The van der Waals surface area contributed by atoms with Crippen molar-refractivity contribution in [2.45, 2.75) is 0 Å². The second-order valence-electron chi connectivity index (χ2n) is 0.547. The van der Waals surface area contributed by atoms with Crippen molar-refractivity contribution in [3.63, 3.8) is 0 Å². The van der Waals surface area contributed by atoms with Crippen molar-refractivity contribution >= 4 is 0 Å². The summed E-state index contributed by atoms with van der Waals surface area (Å²) in [6, 6.07) is 0. The van der Waals surface area contributed by atoms with E-state index < -0.39 is 0 Å². The monoisotopic (exact) mass is 59.0 g/mol. The maximum Gasteiger partial charge on any atom is 0.214 e. The van der Waals surface area contributed by atoms with E-state index in [0.29, 0.717) is 6.79 Å². The van der Waals surface area contributed by atoms with E-state index in [1.807, 2.05) is 0 Å². The molecule has 1 rings (SSSR count). The van der Waals surface area contributed by atoms with E-state index >= 15 is 0 Å². The highest BCUT2D eigenvalue weighted by atomic mass is 16.8. The standard InChI is InChI=1S/C2H3O2/c1-3-2-4-1/h1H,2H2. The summed E-state index contributed by atoms with van der Waals surface area (Å²) >= 11 is 0. The smallest absolute Gasteiger partial charge is 0.214 e. The second-order valence-corrected chi connectivity index (χ2v) is 0.547. The fourth-order valence-corrected chi connectivity index (χ4v) is 0.0680. The average Bonchev–Trinajstić information content (AvgIpc) is 0.722. The molecule has 0 aromatic heterocycles. The number of hydrogen-bond donors (Lipinski definition) is 0. The van der Waals surface area contributed by atoms with Gasteiger partial charge in [0.25, 0.3) is 0 Å². The van der Waals surface area contributed by atoms with Gasteiger partial charge < -0.3 is 9.47 Å². The number of ether oxygens (including phenoxy) is 2. The lowest BCUT2D eigenvalue weighted by molar-refractivity contribution is -0.180. The topological polar surface area (TPSA) is 18.5 Å². The van der Waals surface area contributed by atoms with Gasteiger partial charge in [-0.05, 0) is 0 Å². The highest BCUT2D eigenvalue weighted by Crippen LogP contribution is 1.94. The van der Waals surface area contributed by atoms with Crippen LogP contribution in [0.25, 0.3) is 0 Å². The fraction of sp³-hybridized carbons (Fsp3) is 0.500. The molecule has 0 spiro atoms. The Morgan fingerprint density at radius 1 is 1.50 bits per heavy atom. The van der Waals surface area contributed by atoms with Crippen LogP contribution in [-0.2, 0) is 9.47 Å². The first kappa shape index (κ1) is 2.18. The molecule has 2 nitrogen and oxygen atoms in total. The predicted octanol–water partition coefficient (Wildman–Crippen LogP) is 0.110. The van der Waals surface area contributed by atoms with Gasteiger partial charge in [0.15, 0.2) is 6.79 Å². The van der Waals surface area contributed by atoms with Crippen LogP contribution in [0.3, 0.4) is 0 Å². The molecular formula is C2H3O2. The lowest BCUT2D eigenvalue weighted by Crippen LogP contribution is -2.07. The summed E-state index contributed by atoms with van der Waals surface area (Å²) < 4.78 is 8.75. The lowest BCUT2D eigenvalue weighted by Gasteiger charge is -2.08. The molecule has 1 saturated heterocycles. The van der Waals surface area contributed by atoms with Crippen LogP contribution >= 0.6 is 0 Å². The molecule has 0 aromatic carbocycles. The van der Waals surface area contributed by atoms with E-state index in [9.17, 15) is 0 Å². The molecule has 0 aromatic rings.